The summed E-state index contributed by atoms with van der Waals surface area (Å²) in [6.45, 7) is 0. The smallest absolute Gasteiger partial charge is 0.326 e. The number of aliphatic carboxylic acids is 1. The molecule has 0 saturated heterocycles. The first kappa shape index (κ1) is 15.0. The average molecular weight is 312 g/mol. The minimum Gasteiger partial charge on any atom is -0.480 e. The van der Waals surface area contributed by atoms with Crippen molar-refractivity contribution in [1.29, 1.82) is 0 Å². The molecule has 0 aliphatic rings. The molecular formula is C13H11ClFN3O3. The van der Waals surface area contributed by atoms with Crippen molar-refractivity contribution < 1.29 is 19.1 Å². The molecule has 1 aromatic heterocycles. The van der Waals surface area contributed by atoms with Crippen molar-refractivity contribution in [2.24, 2.45) is 0 Å². The summed E-state index contributed by atoms with van der Waals surface area (Å²) < 4.78 is 13.6. The number of aromatic amines is 1. The van der Waals surface area contributed by atoms with E-state index in [1.54, 1.807) is 0 Å². The second-order valence-corrected chi connectivity index (χ2v) is 4.65. The normalized spacial score (nSPS) is 11.9. The third-order valence-electron chi connectivity index (χ3n) is 2.77. The Hall–Kier alpha value is -2.41. The quantitative estimate of drug-likeness (QED) is 0.782. The lowest BCUT2D eigenvalue weighted by Crippen LogP contribution is -2.42. The highest BCUT2D eigenvalue weighted by molar-refractivity contribution is 6.33. The van der Waals surface area contributed by atoms with Crippen LogP contribution in [0.3, 0.4) is 0 Å². The van der Waals surface area contributed by atoms with Gasteiger partial charge >= 0.3 is 5.97 Å². The number of hydrogen-bond donors (Lipinski definition) is 3. The van der Waals surface area contributed by atoms with Gasteiger partial charge in [-0.1, -0.05) is 17.7 Å². The summed E-state index contributed by atoms with van der Waals surface area (Å²) in [7, 11) is 0. The van der Waals surface area contributed by atoms with Crippen LogP contribution in [0.25, 0.3) is 0 Å². The van der Waals surface area contributed by atoms with Crippen LogP contribution in [-0.4, -0.2) is 33.0 Å². The van der Waals surface area contributed by atoms with Crippen molar-refractivity contribution in [3.63, 3.8) is 0 Å². The average Bonchev–Trinajstić information content (AvgIpc) is 2.90. The number of aromatic nitrogens is 2. The molecule has 1 heterocycles. The summed E-state index contributed by atoms with van der Waals surface area (Å²) in [4.78, 5) is 29.7. The molecular weight excluding hydrogens is 301 g/mol. The van der Waals surface area contributed by atoms with Crippen LogP contribution in [0.1, 0.15) is 16.1 Å². The second-order valence-electron chi connectivity index (χ2n) is 4.24. The second kappa shape index (κ2) is 6.36. The number of carbonyl (C=O) groups excluding carboxylic acids is 1. The number of amides is 1. The number of carbonyl (C=O) groups is 2. The molecule has 2 aromatic rings. The van der Waals surface area contributed by atoms with Gasteiger partial charge in [0.1, 0.15) is 11.9 Å². The van der Waals surface area contributed by atoms with Gasteiger partial charge < -0.3 is 15.4 Å². The summed E-state index contributed by atoms with van der Waals surface area (Å²) in [5, 5.41) is 11.3. The molecule has 0 aliphatic carbocycles. The van der Waals surface area contributed by atoms with Gasteiger partial charge in [0, 0.05) is 18.3 Å². The van der Waals surface area contributed by atoms with Gasteiger partial charge in [-0.25, -0.2) is 14.2 Å². The van der Waals surface area contributed by atoms with Crippen LogP contribution in [-0.2, 0) is 11.2 Å². The van der Waals surface area contributed by atoms with Crippen LogP contribution in [0.2, 0.25) is 5.02 Å². The van der Waals surface area contributed by atoms with Crippen molar-refractivity contribution in [3.05, 3.63) is 52.8 Å². The standard InChI is InChI=1S/C13H11ClFN3O3/c14-8-2-1-3-9(15)11(8)12(19)18-10(13(20)21)4-7-5-16-6-17-7/h1-3,5-6,10H,4H2,(H,16,17)(H,18,19)(H,20,21)/t10-/m1/s1. The first-order valence-corrected chi connectivity index (χ1v) is 6.31. The highest BCUT2D eigenvalue weighted by atomic mass is 35.5. The van der Waals surface area contributed by atoms with Crippen LogP contribution in [0.4, 0.5) is 4.39 Å². The van der Waals surface area contributed by atoms with Crippen molar-refractivity contribution in [2.45, 2.75) is 12.5 Å². The van der Waals surface area contributed by atoms with E-state index in [0.29, 0.717) is 5.69 Å². The zero-order valence-corrected chi connectivity index (χ0v) is 11.4. The molecule has 2 rings (SSSR count). The third kappa shape index (κ3) is 3.57. The lowest BCUT2D eigenvalue weighted by Gasteiger charge is -2.14. The van der Waals surface area contributed by atoms with Gasteiger partial charge in [-0.3, -0.25) is 4.79 Å². The molecule has 110 valence electrons. The van der Waals surface area contributed by atoms with Crippen molar-refractivity contribution >= 4 is 23.5 Å². The third-order valence-corrected chi connectivity index (χ3v) is 3.09. The van der Waals surface area contributed by atoms with E-state index in [-0.39, 0.29) is 17.0 Å². The monoisotopic (exact) mass is 311 g/mol. The van der Waals surface area contributed by atoms with E-state index in [1.807, 2.05) is 0 Å². The number of nitrogens with zero attached hydrogens (tertiary/aromatic N) is 1. The number of halogens is 2. The fourth-order valence-electron chi connectivity index (χ4n) is 1.76. The maximum Gasteiger partial charge on any atom is 0.326 e. The fraction of sp³-hybridized carbons (Fsp3) is 0.154. The lowest BCUT2D eigenvalue weighted by molar-refractivity contribution is -0.139. The summed E-state index contributed by atoms with van der Waals surface area (Å²) in [5.41, 5.74) is 0.150. The number of rotatable bonds is 5. The Morgan fingerprint density at radius 1 is 1.48 bits per heavy atom. The van der Waals surface area contributed by atoms with E-state index in [9.17, 15) is 14.0 Å². The summed E-state index contributed by atoms with van der Waals surface area (Å²) in [5.74, 6) is -2.94. The predicted molar refractivity (Wildman–Crippen MR) is 72.6 cm³/mol. The number of imidazole rings is 1. The maximum absolute atomic E-state index is 13.6. The Morgan fingerprint density at radius 3 is 2.81 bits per heavy atom. The van der Waals surface area contributed by atoms with Gasteiger partial charge in [-0.2, -0.15) is 0 Å². The van der Waals surface area contributed by atoms with E-state index >= 15 is 0 Å². The van der Waals surface area contributed by atoms with Crippen LogP contribution < -0.4 is 5.32 Å². The minimum atomic E-state index is -1.24. The molecule has 0 unspecified atom stereocenters. The first-order chi connectivity index (χ1) is 9.99. The number of carboxylic acids is 1. The lowest BCUT2D eigenvalue weighted by atomic mass is 10.1. The van der Waals surface area contributed by atoms with Gasteiger partial charge in [-0.15, -0.1) is 0 Å². The number of benzene rings is 1. The largest absolute Gasteiger partial charge is 0.480 e. The SMILES string of the molecule is O=C(N[C@H](Cc1cnc[nH]1)C(=O)O)c1c(F)cccc1Cl. The van der Waals surface area contributed by atoms with Gasteiger partial charge in [-0.05, 0) is 12.1 Å². The molecule has 21 heavy (non-hydrogen) atoms. The Morgan fingerprint density at radius 2 is 2.24 bits per heavy atom. The van der Waals surface area contributed by atoms with Crippen LogP contribution in [0.15, 0.2) is 30.7 Å². The van der Waals surface area contributed by atoms with Gasteiger partial charge in [0.15, 0.2) is 0 Å². The zero-order chi connectivity index (χ0) is 15.4. The summed E-state index contributed by atoms with van der Waals surface area (Å²) >= 11 is 5.77. The Labute approximate surface area is 124 Å². The van der Waals surface area contributed by atoms with Gasteiger partial charge in [0.05, 0.1) is 16.9 Å². The summed E-state index contributed by atoms with van der Waals surface area (Å²) in [6, 6.07) is 2.55. The number of carboxylic acid groups (broad SMARTS) is 1. The molecule has 1 atom stereocenters. The van der Waals surface area contributed by atoms with Crippen molar-refractivity contribution in [3.8, 4) is 0 Å². The van der Waals surface area contributed by atoms with E-state index in [0.717, 1.165) is 6.07 Å². The zero-order valence-electron chi connectivity index (χ0n) is 10.6. The molecule has 0 radical (unpaired) electrons. The number of hydrogen-bond acceptors (Lipinski definition) is 3. The van der Waals surface area contributed by atoms with Crippen LogP contribution in [0, 0.1) is 5.82 Å². The van der Waals surface area contributed by atoms with Crippen molar-refractivity contribution in [2.75, 3.05) is 0 Å². The number of nitrogens with one attached hydrogen (secondary N) is 2. The minimum absolute atomic E-state index is 0.00680. The predicted octanol–water partition coefficient (Wildman–Crippen LogP) is 1.63. The molecule has 6 nitrogen and oxygen atoms in total. The molecule has 8 heteroatoms. The Bertz CT molecular complexity index is 640. The molecule has 0 bridgehead atoms. The molecule has 3 N–H and O–H groups in total. The first-order valence-electron chi connectivity index (χ1n) is 5.94. The molecule has 0 aliphatic heterocycles. The summed E-state index contributed by atoms with van der Waals surface area (Å²) in [6.07, 6.45) is 2.83. The van der Waals surface area contributed by atoms with E-state index in [4.69, 9.17) is 16.7 Å². The van der Waals surface area contributed by atoms with Crippen molar-refractivity contribution in [1.82, 2.24) is 15.3 Å². The molecule has 1 aromatic carbocycles. The number of H-pyrrole nitrogens is 1. The fourth-order valence-corrected chi connectivity index (χ4v) is 2.01. The van der Waals surface area contributed by atoms with Crippen LogP contribution >= 0.6 is 11.6 Å². The molecule has 0 fully saturated rings. The Kier molecular flexibility index (Phi) is 4.54. The van der Waals surface area contributed by atoms with Gasteiger partial charge in [0.2, 0.25) is 0 Å². The van der Waals surface area contributed by atoms with E-state index in [1.165, 1.54) is 24.7 Å². The highest BCUT2D eigenvalue weighted by Crippen LogP contribution is 2.19. The molecule has 0 spiro atoms. The van der Waals surface area contributed by atoms with Gasteiger partial charge in [0.25, 0.3) is 5.91 Å². The Balaban J connectivity index is 2.17. The van der Waals surface area contributed by atoms with E-state index < -0.39 is 23.7 Å². The van der Waals surface area contributed by atoms with Crippen LogP contribution in [0.5, 0.6) is 0 Å². The highest BCUT2D eigenvalue weighted by Gasteiger charge is 2.24. The topological polar surface area (TPSA) is 95.1 Å². The molecule has 1 amide bonds. The molecule has 0 saturated carbocycles. The van der Waals surface area contributed by atoms with E-state index in [2.05, 4.69) is 15.3 Å². The maximum atomic E-state index is 13.6.